The molecule has 5 fully saturated rings. The van der Waals surface area contributed by atoms with Crippen molar-refractivity contribution >= 4 is 0 Å². The van der Waals surface area contributed by atoms with Gasteiger partial charge >= 0.3 is 0 Å². The van der Waals surface area contributed by atoms with Crippen LogP contribution in [0.2, 0.25) is 0 Å². The second-order valence-corrected chi connectivity index (χ2v) is 14.9. The fraction of sp³-hybridized carbons (Fsp3) is 0.935. The number of ether oxygens (including phenoxy) is 1. The second kappa shape index (κ2) is 7.35. The summed E-state index contributed by atoms with van der Waals surface area (Å²) < 4.78 is 6.90. The molecule has 182 valence electrons. The summed E-state index contributed by atoms with van der Waals surface area (Å²) in [5.74, 6) is 4.71. The molecule has 1 saturated heterocycles. The van der Waals surface area contributed by atoms with Crippen LogP contribution in [0.1, 0.15) is 113 Å². The largest absolute Gasteiger partial charge is 0.374 e. The smallest absolute Gasteiger partial charge is 0.0645 e. The van der Waals surface area contributed by atoms with Gasteiger partial charge in [0, 0.05) is 0 Å². The molecule has 0 bridgehead atoms. The molecule has 32 heavy (non-hydrogen) atoms. The average Bonchev–Trinajstić information content (AvgIpc) is 3.14. The molecule has 0 aromatic rings. The average molecular weight is 441 g/mol. The lowest BCUT2D eigenvalue weighted by atomic mass is 9.35. The van der Waals surface area contributed by atoms with E-state index in [1.54, 1.807) is 0 Å². The van der Waals surface area contributed by atoms with Gasteiger partial charge in [0.1, 0.15) is 0 Å². The van der Waals surface area contributed by atoms with Crippen LogP contribution in [0.4, 0.5) is 0 Å². The Kier molecular flexibility index (Phi) is 5.38. The van der Waals surface area contributed by atoms with Gasteiger partial charge in [-0.2, -0.15) is 0 Å². The van der Waals surface area contributed by atoms with Gasteiger partial charge in [-0.25, -0.2) is 0 Å². The van der Waals surface area contributed by atoms with Crippen LogP contribution in [-0.2, 0) is 4.74 Å². The fourth-order valence-corrected chi connectivity index (χ4v) is 11.1. The lowest BCUT2D eigenvalue weighted by Gasteiger charge is -2.69. The van der Waals surface area contributed by atoms with E-state index >= 15 is 0 Å². The molecule has 4 aliphatic carbocycles. The van der Waals surface area contributed by atoms with Gasteiger partial charge in [-0.3, -0.25) is 0 Å². The van der Waals surface area contributed by atoms with Gasteiger partial charge in [-0.05, 0) is 109 Å². The summed E-state index contributed by atoms with van der Waals surface area (Å²) in [6.45, 7) is 24.8. The number of hydrogen-bond acceptors (Lipinski definition) is 1. The van der Waals surface area contributed by atoms with Crippen LogP contribution in [0.3, 0.4) is 0 Å². The molecular weight excluding hydrogens is 388 g/mol. The van der Waals surface area contributed by atoms with Gasteiger partial charge in [0.2, 0.25) is 0 Å². The minimum absolute atomic E-state index is 0.405. The first kappa shape index (κ1) is 23.4. The van der Waals surface area contributed by atoms with Crippen molar-refractivity contribution in [2.75, 3.05) is 0 Å². The van der Waals surface area contributed by atoms with Crippen molar-refractivity contribution in [2.24, 2.45) is 57.2 Å². The molecule has 0 N–H and O–H groups in total. The van der Waals surface area contributed by atoms with Crippen molar-refractivity contribution in [1.82, 2.24) is 0 Å². The summed E-state index contributed by atoms with van der Waals surface area (Å²) in [5, 5.41) is 0. The minimum atomic E-state index is 0.405. The Morgan fingerprint density at radius 1 is 0.938 bits per heavy atom. The number of rotatable bonds is 3. The van der Waals surface area contributed by atoms with Crippen LogP contribution >= 0.6 is 0 Å². The predicted molar refractivity (Wildman–Crippen MR) is 135 cm³/mol. The number of hydrogen-bond donors (Lipinski definition) is 0. The highest BCUT2D eigenvalue weighted by Gasteiger charge is 2.70. The molecule has 5 aliphatic rings. The molecule has 0 aromatic heterocycles. The molecule has 1 aliphatic heterocycles. The highest BCUT2D eigenvalue weighted by atomic mass is 16.5. The van der Waals surface area contributed by atoms with Crippen molar-refractivity contribution in [3.05, 3.63) is 12.2 Å². The first-order valence-corrected chi connectivity index (χ1v) is 14.2. The molecular formula is C31H52O. The van der Waals surface area contributed by atoms with Gasteiger partial charge < -0.3 is 4.74 Å². The molecule has 0 aromatic carbocycles. The Labute approximate surface area is 199 Å². The fourth-order valence-electron chi connectivity index (χ4n) is 11.1. The van der Waals surface area contributed by atoms with Crippen molar-refractivity contribution < 1.29 is 4.74 Å². The molecule has 0 radical (unpaired) electrons. The molecule has 1 heterocycles. The van der Waals surface area contributed by atoms with E-state index in [9.17, 15) is 0 Å². The van der Waals surface area contributed by atoms with Crippen molar-refractivity contribution in [1.29, 1.82) is 0 Å². The zero-order valence-corrected chi connectivity index (χ0v) is 22.6. The van der Waals surface area contributed by atoms with E-state index in [4.69, 9.17) is 4.74 Å². The summed E-state index contributed by atoms with van der Waals surface area (Å²) in [4.78, 5) is 0. The van der Waals surface area contributed by atoms with Crippen LogP contribution in [-0.4, -0.2) is 12.2 Å². The van der Waals surface area contributed by atoms with Crippen molar-refractivity contribution in [3.8, 4) is 0 Å². The maximum atomic E-state index is 6.90. The van der Waals surface area contributed by atoms with E-state index in [1.165, 1.54) is 56.9 Å². The highest BCUT2D eigenvalue weighted by Crippen LogP contribution is 2.76. The SMILES string of the molecule is C=C(CC1OC2C[C@@]3(C)[C@H](CC[C@@H]4[C@@]5(C)CCCC(C)(C)C5CC[C@]43C)[C@H]2[C@@H]1C)C(C)C. The molecule has 0 spiro atoms. The zero-order valence-electron chi connectivity index (χ0n) is 22.6. The summed E-state index contributed by atoms with van der Waals surface area (Å²) in [6.07, 6.45) is 13.5. The van der Waals surface area contributed by atoms with Crippen LogP contribution in [0.5, 0.6) is 0 Å². The summed E-state index contributed by atoms with van der Waals surface area (Å²) in [5.41, 5.74) is 3.40. The molecule has 4 saturated carbocycles. The Morgan fingerprint density at radius 3 is 2.34 bits per heavy atom. The first-order valence-electron chi connectivity index (χ1n) is 14.2. The van der Waals surface area contributed by atoms with E-state index in [0.717, 1.165) is 30.1 Å². The Morgan fingerprint density at radius 2 is 1.66 bits per heavy atom. The third-order valence-electron chi connectivity index (χ3n) is 13.0. The molecule has 1 heteroatoms. The summed E-state index contributed by atoms with van der Waals surface area (Å²) in [6, 6.07) is 0. The standard InChI is InChI=1S/C31H52O/c1-19(2)20(3)17-23-21(4)27-22-11-12-26-29(7)15-10-14-28(5,6)25(29)13-16-30(26,8)31(22,9)18-24(27)32-23/h19,21-27H,3,10-18H2,1-2,4-9H3/t21-,22-,23?,24?,25?,26-,27-,29+,30-,31+/m1/s1. The summed E-state index contributed by atoms with van der Waals surface area (Å²) in [7, 11) is 0. The van der Waals surface area contributed by atoms with Crippen molar-refractivity contribution in [3.63, 3.8) is 0 Å². The third kappa shape index (κ3) is 2.97. The number of fused-ring (bicyclic) bond motifs is 7. The zero-order chi connectivity index (χ0) is 23.3. The third-order valence-corrected chi connectivity index (χ3v) is 13.0. The van der Waals surface area contributed by atoms with Crippen LogP contribution in [0.25, 0.3) is 0 Å². The van der Waals surface area contributed by atoms with E-state index in [1.807, 2.05) is 0 Å². The molecule has 0 amide bonds. The Balaban J connectivity index is 1.42. The summed E-state index contributed by atoms with van der Waals surface area (Å²) >= 11 is 0. The van der Waals surface area contributed by atoms with E-state index in [0.29, 0.717) is 45.7 Å². The highest BCUT2D eigenvalue weighted by molar-refractivity contribution is 5.19. The van der Waals surface area contributed by atoms with Crippen LogP contribution in [0, 0.1) is 57.2 Å². The monoisotopic (exact) mass is 440 g/mol. The van der Waals surface area contributed by atoms with Gasteiger partial charge in [0.25, 0.3) is 0 Å². The normalized spacial score (nSPS) is 54.0. The van der Waals surface area contributed by atoms with Gasteiger partial charge in [-0.1, -0.05) is 74.0 Å². The molecule has 3 unspecified atom stereocenters. The minimum Gasteiger partial charge on any atom is -0.374 e. The van der Waals surface area contributed by atoms with Crippen LogP contribution < -0.4 is 0 Å². The predicted octanol–water partition coefficient (Wildman–Crippen LogP) is 8.68. The Hall–Kier alpha value is -0.300. The van der Waals surface area contributed by atoms with Crippen LogP contribution in [0.15, 0.2) is 12.2 Å². The lowest BCUT2D eigenvalue weighted by Crippen LogP contribution is -2.62. The Bertz CT molecular complexity index is 764. The van der Waals surface area contributed by atoms with Crippen molar-refractivity contribution in [2.45, 2.75) is 125 Å². The van der Waals surface area contributed by atoms with Gasteiger partial charge in [-0.15, -0.1) is 0 Å². The van der Waals surface area contributed by atoms with E-state index in [2.05, 4.69) is 62.0 Å². The molecule has 10 atom stereocenters. The topological polar surface area (TPSA) is 9.23 Å². The lowest BCUT2D eigenvalue weighted by molar-refractivity contribution is -0.205. The molecule has 5 rings (SSSR count). The first-order chi connectivity index (χ1) is 14.8. The maximum absolute atomic E-state index is 6.90. The maximum Gasteiger partial charge on any atom is 0.0645 e. The van der Waals surface area contributed by atoms with Gasteiger partial charge in [0.15, 0.2) is 0 Å². The second-order valence-electron chi connectivity index (χ2n) is 14.9. The van der Waals surface area contributed by atoms with E-state index in [-0.39, 0.29) is 0 Å². The quantitative estimate of drug-likeness (QED) is 0.399. The van der Waals surface area contributed by atoms with E-state index < -0.39 is 0 Å². The molecule has 1 nitrogen and oxygen atoms in total. The van der Waals surface area contributed by atoms with Gasteiger partial charge in [0.05, 0.1) is 12.2 Å².